The number of nitrogens with zero attached hydrogens (tertiary/aromatic N) is 3. The van der Waals surface area contributed by atoms with Crippen LogP contribution in [0.15, 0.2) is 0 Å². The Morgan fingerprint density at radius 3 is 2.24 bits per heavy atom. The Hall–Kier alpha value is -0.950. The van der Waals surface area contributed by atoms with Gasteiger partial charge in [0.05, 0.1) is 0 Å². The molecular weight excluding hydrogens is 242 g/mol. The van der Waals surface area contributed by atoms with Gasteiger partial charge < -0.3 is 9.67 Å². The van der Waals surface area contributed by atoms with E-state index in [1.165, 1.54) is 0 Å². The lowest BCUT2D eigenvalue weighted by molar-refractivity contribution is 0.247. The van der Waals surface area contributed by atoms with Crippen molar-refractivity contribution in [3.05, 3.63) is 11.6 Å². The first-order chi connectivity index (χ1) is 7.59. The van der Waals surface area contributed by atoms with E-state index in [1.54, 1.807) is 11.5 Å². The highest BCUT2D eigenvalue weighted by atomic mass is 32.2. The number of sulfone groups is 1. The molecule has 0 amide bonds. The van der Waals surface area contributed by atoms with Gasteiger partial charge in [-0.3, -0.25) is 0 Å². The molecule has 1 aromatic rings. The van der Waals surface area contributed by atoms with Gasteiger partial charge in [0.2, 0.25) is 0 Å². The molecule has 0 radical (unpaired) electrons. The van der Waals surface area contributed by atoms with E-state index in [-0.39, 0.29) is 12.1 Å². The van der Waals surface area contributed by atoms with Crippen LogP contribution in [-0.4, -0.2) is 34.5 Å². The summed E-state index contributed by atoms with van der Waals surface area (Å²) in [5, 5.41) is 16.2. The molecule has 1 heterocycles. The van der Waals surface area contributed by atoms with Gasteiger partial charge in [-0.2, -0.15) is 0 Å². The molecule has 0 saturated heterocycles. The van der Waals surface area contributed by atoms with E-state index < -0.39 is 15.1 Å². The van der Waals surface area contributed by atoms with Crippen LogP contribution in [0.1, 0.15) is 44.6 Å². The summed E-state index contributed by atoms with van der Waals surface area (Å²) in [6.07, 6.45) is 1.16. The molecule has 0 spiro atoms. The van der Waals surface area contributed by atoms with Crippen LogP contribution >= 0.6 is 0 Å². The van der Waals surface area contributed by atoms with Crippen LogP contribution in [0.5, 0.6) is 0 Å². The van der Waals surface area contributed by atoms with Crippen LogP contribution in [0.3, 0.4) is 0 Å². The van der Waals surface area contributed by atoms with Gasteiger partial charge in [-0.15, -0.1) is 10.2 Å². The van der Waals surface area contributed by atoms with Gasteiger partial charge in [0.15, 0.2) is 21.5 Å². The summed E-state index contributed by atoms with van der Waals surface area (Å²) in [7, 11) is -3.24. The van der Waals surface area contributed by atoms with Crippen molar-refractivity contribution in [3.63, 3.8) is 0 Å². The predicted molar refractivity (Wildman–Crippen MR) is 64.2 cm³/mol. The smallest absolute Gasteiger partial charge is 0.159 e. The van der Waals surface area contributed by atoms with Crippen molar-refractivity contribution in [1.82, 2.24) is 14.8 Å². The van der Waals surface area contributed by atoms with Crippen molar-refractivity contribution in [2.75, 3.05) is 6.26 Å². The van der Waals surface area contributed by atoms with Crippen LogP contribution in [0.25, 0.3) is 0 Å². The summed E-state index contributed by atoms with van der Waals surface area (Å²) >= 11 is 0. The minimum Gasteiger partial charge on any atom is -0.388 e. The molecule has 6 nitrogen and oxygen atoms in total. The standard InChI is InChI=1S/C10H19N3O3S/c1-7(17(5,15)16)9-12-11-8(6-14)13(9)10(2,3)4/h7,14H,6H2,1-5H3. The largest absolute Gasteiger partial charge is 0.388 e. The molecule has 7 heteroatoms. The van der Waals surface area contributed by atoms with E-state index in [0.29, 0.717) is 11.6 Å². The maximum atomic E-state index is 11.6. The van der Waals surface area contributed by atoms with Crippen LogP contribution in [0.2, 0.25) is 0 Å². The van der Waals surface area contributed by atoms with Crippen molar-refractivity contribution < 1.29 is 13.5 Å². The molecule has 1 aromatic heterocycles. The number of aliphatic hydroxyl groups is 1. The molecule has 17 heavy (non-hydrogen) atoms. The summed E-state index contributed by atoms with van der Waals surface area (Å²) in [5.41, 5.74) is -0.379. The lowest BCUT2D eigenvalue weighted by Gasteiger charge is -2.26. The fourth-order valence-electron chi connectivity index (χ4n) is 1.62. The normalized spacial score (nSPS) is 14.9. The zero-order chi connectivity index (χ0) is 13.4. The van der Waals surface area contributed by atoms with Crippen molar-refractivity contribution in [1.29, 1.82) is 0 Å². The van der Waals surface area contributed by atoms with Gasteiger partial charge in [-0.05, 0) is 27.7 Å². The van der Waals surface area contributed by atoms with Crippen LogP contribution in [0, 0.1) is 0 Å². The fraction of sp³-hybridized carbons (Fsp3) is 0.800. The highest BCUT2D eigenvalue weighted by molar-refractivity contribution is 7.90. The lowest BCUT2D eigenvalue weighted by atomic mass is 10.1. The summed E-state index contributed by atoms with van der Waals surface area (Å²) in [6.45, 7) is 7.04. The maximum Gasteiger partial charge on any atom is 0.159 e. The average molecular weight is 261 g/mol. The summed E-state index contributed by atoms with van der Waals surface area (Å²) in [4.78, 5) is 0. The molecule has 0 aliphatic rings. The van der Waals surface area contributed by atoms with E-state index in [0.717, 1.165) is 6.26 Å². The molecule has 0 fully saturated rings. The highest BCUT2D eigenvalue weighted by Crippen LogP contribution is 2.26. The Morgan fingerprint density at radius 1 is 1.35 bits per heavy atom. The molecule has 1 atom stereocenters. The minimum absolute atomic E-state index is 0.263. The van der Waals surface area contributed by atoms with Gasteiger partial charge in [-0.1, -0.05) is 0 Å². The van der Waals surface area contributed by atoms with Crippen molar-refractivity contribution >= 4 is 9.84 Å². The molecule has 1 unspecified atom stereocenters. The maximum absolute atomic E-state index is 11.6. The second-order valence-corrected chi connectivity index (χ2v) is 7.48. The number of rotatable bonds is 3. The molecule has 0 bridgehead atoms. The number of aliphatic hydroxyl groups excluding tert-OH is 1. The van der Waals surface area contributed by atoms with Crippen molar-refractivity contribution in [2.24, 2.45) is 0 Å². The molecule has 1 N–H and O–H groups in total. The Kier molecular flexibility index (Phi) is 3.63. The molecule has 98 valence electrons. The predicted octanol–water partition coefficient (Wildman–Crippen LogP) is 0.631. The number of hydrogen-bond acceptors (Lipinski definition) is 5. The zero-order valence-corrected chi connectivity index (χ0v) is 11.6. The lowest BCUT2D eigenvalue weighted by Crippen LogP contribution is -2.28. The van der Waals surface area contributed by atoms with Crippen LogP contribution in [0.4, 0.5) is 0 Å². The summed E-state index contributed by atoms with van der Waals surface area (Å²) in [6, 6.07) is 0. The molecule has 0 aliphatic carbocycles. The SMILES string of the molecule is CC(c1nnc(CO)n1C(C)(C)C)S(C)(=O)=O. The fourth-order valence-corrected chi connectivity index (χ4v) is 2.15. The first-order valence-electron chi connectivity index (χ1n) is 5.33. The van der Waals surface area contributed by atoms with Crippen LogP contribution < -0.4 is 0 Å². The average Bonchev–Trinajstić information content (AvgIpc) is 2.57. The van der Waals surface area contributed by atoms with Gasteiger partial charge in [-0.25, -0.2) is 8.42 Å². The summed E-state index contributed by atoms with van der Waals surface area (Å²) in [5.74, 6) is 0.743. The van der Waals surface area contributed by atoms with Gasteiger partial charge in [0, 0.05) is 11.8 Å². The van der Waals surface area contributed by atoms with Gasteiger partial charge >= 0.3 is 0 Å². The van der Waals surface area contributed by atoms with E-state index in [1.807, 2.05) is 20.8 Å². The third-order valence-corrected chi connectivity index (χ3v) is 4.07. The Morgan fingerprint density at radius 2 is 1.88 bits per heavy atom. The molecule has 0 saturated carbocycles. The Labute approximate surface area is 102 Å². The Bertz CT molecular complexity index is 499. The molecule has 0 aromatic carbocycles. The van der Waals surface area contributed by atoms with E-state index >= 15 is 0 Å². The highest BCUT2D eigenvalue weighted by Gasteiger charge is 2.29. The molecule has 1 rings (SSSR count). The topological polar surface area (TPSA) is 85.1 Å². The van der Waals surface area contributed by atoms with Gasteiger partial charge in [0.25, 0.3) is 0 Å². The van der Waals surface area contributed by atoms with E-state index in [2.05, 4.69) is 10.2 Å². The second kappa shape index (κ2) is 4.38. The van der Waals surface area contributed by atoms with Crippen molar-refractivity contribution in [3.8, 4) is 0 Å². The monoisotopic (exact) mass is 261 g/mol. The first kappa shape index (κ1) is 14.1. The van der Waals surface area contributed by atoms with E-state index in [9.17, 15) is 13.5 Å². The van der Waals surface area contributed by atoms with E-state index in [4.69, 9.17) is 0 Å². The minimum atomic E-state index is -3.24. The molecular formula is C10H19N3O3S. The second-order valence-electron chi connectivity index (χ2n) is 5.11. The first-order valence-corrected chi connectivity index (χ1v) is 7.29. The van der Waals surface area contributed by atoms with Gasteiger partial charge in [0.1, 0.15) is 11.9 Å². The molecule has 0 aliphatic heterocycles. The quantitative estimate of drug-likeness (QED) is 0.862. The Balaban J connectivity index is 3.42. The number of hydrogen-bond donors (Lipinski definition) is 1. The number of aromatic nitrogens is 3. The third kappa shape index (κ3) is 2.84. The van der Waals surface area contributed by atoms with Crippen LogP contribution in [-0.2, 0) is 22.0 Å². The van der Waals surface area contributed by atoms with Crippen molar-refractivity contribution in [2.45, 2.75) is 45.1 Å². The zero-order valence-electron chi connectivity index (χ0n) is 10.8. The summed E-state index contributed by atoms with van der Waals surface area (Å²) < 4.78 is 24.8. The third-order valence-electron chi connectivity index (χ3n) is 2.57.